The van der Waals surface area contributed by atoms with Gasteiger partial charge >= 0.3 is 0 Å². The molecule has 0 saturated carbocycles. The number of rotatable bonds is 5. The van der Waals surface area contributed by atoms with Gasteiger partial charge in [0, 0.05) is 43.7 Å². The third-order valence-electron chi connectivity index (χ3n) is 12.2. The number of hydrogen-bond acceptors (Lipinski definition) is 4. The standard InChI is InChI=1S/C54H36N4O/c1-54(2)44-24-14-12-22-38(44)41-28-29-42-39-23-13-15-25-45(39)58(49(42)48(41)54)46-31-37(33-16-6-3-7-17-33)30-43-40-27-26-36(32-47(40)59-50(43)46)53-56-51(34-18-8-4-9-19-34)55-52(57-53)35-20-10-5-11-21-35/h3-32H,1-2H3. The molecule has 0 spiro atoms. The van der Waals surface area contributed by atoms with Crippen LogP contribution in [0.2, 0.25) is 0 Å². The molecule has 1 aliphatic carbocycles. The van der Waals surface area contributed by atoms with Crippen LogP contribution in [-0.4, -0.2) is 19.5 Å². The molecule has 0 aliphatic heterocycles. The summed E-state index contributed by atoms with van der Waals surface area (Å²) in [5.41, 5.74) is 15.0. The van der Waals surface area contributed by atoms with E-state index in [1.807, 2.05) is 60.7 Å². The fourth-order valence-corrected chi connectivity index (χ4v) is 9.46. The van der Waals surface area contributed by atoms with Gasteiger partial charge in [-0.2, -0.15) is 0 Å². The maximum atomic E-state index is 7.13. The van der Waals surface area contributed by atoms with Crippen LogP contribution in [0.1, 0.15) is 25.0 Å². The smallest absolute Gasteiger partial charge is 0.164 e. The molecule has 11 aromatic rings. The molecular weight excluding hydrogens is 721 g/mol. The highest BCUT2D eigenvalue weighted by Crippen LogP contribution is 2.53. The lowest BCUT2D eigenvalue weighted by atomic mass is 9.81. The minimum Gasteiger partial charge on any atom is -0.454 e. The van der Waals surface area contributed by atoms with E-state index in [0.29, 0.717) is 17.5 Å². The Balaban J connectivity index is 1.14. The number of furan rings is 1. The van der Waals surface area contributed by atoms with Gasteiger partial charge in [0.1, 0.15) is 5.58 Å². The molecule has 0 saturated heterocycles. The molecule has 278 valence electrons. The van der Waals surface area contributed by atoms with Gasteiger partial charge in [0.15, 0.2) is 23.1 Å². The van der Waals surface area contributed by atoms with E-state index >= 15 is 0 Å². The van der Waals surface area contributed by atoms with Crippen molar-refractivity contribution in [1.82, 2.24) is 19.5 Å². The second kappa shape index (κ2) is 12.7. The lowest BCUT2D eigenvalue weighted by Crippen LogP contribution is -2.16. The van der Waals surface area contributed by atoms with Crippen molar-refractivity contribution in [3.8, 4) is 62.1 Å². The van der Waals surface area contributed by atoms with Crippen LogP contribution < -0.4 is 0 Å². The third-order valence-corrected chi connectivity index (χ3v) is 12.2. The molecule has 5 heteroatoms. The zero-order chi connectivity index (χ0) is 39.2. The Kier molecular flexibility index (Phi) is 7.20. The first kappa shape index (κ1) is 33.5. The maximum Gasteiger partial charge on any atom is 0.164 e. The summed E-state index contributed by atoms with van der Waals surface area (Å²) in [5.74, 6) is 1.83. The van der Waals surface area contributed by atoms with Gasteiger partial charge in [-0.05, 0) is 63.7 Å². The molecule has 8 aromatic carbocycles. The molecule has 0 fully saturated rings. The number of nitrogens with zero attached hydrogens (tertiary/aromatic N) is 4. The summed E-state index contributed by atoms with van der Waals surface area (Å²) in [6.45, 7) is 4.73. The second-order valence-corrected chi connectivity index (χ2v) is 16.0. The highest BCUT2D eigenvalue weighted by Gasteiger charge is 2.38. The second-order valence-electron chi connectivity index (χ2n) is 16.0. The molecule has 59 heavy (non-hydrogen) atoms. The number of benzene rings is 8. The zero-order valence-corrected chi connectivity index (χ0v) is 32.5. The highest BCUT2D eigenvalue weighted by atomic mass is 16.3. The minimum absolute atomic E-state index is 0.224. The molecule has 0 unspecified atom stereocenters. The first-order chi connectivity index (χ1) is 29.0. The van der Waals surface area contributed by atoms with Gasteiger partial charge in [-0.25, -0.2) is 15.0 Å². The molecule has 3 heterocycles. The molecule has 1 aliphatic rings. The fraction of sp³-hybridized carbons (Fsp3) is 0.0556. The Hall–Kier alpha value is -7.63. The Bertz CT molecular complexity index is 3400. The number of para-hydroxylation sites is 1. The Morgan fingerprint density at radius 3 is 1.75 bits per heavy atom. The Morgan fingerprint density at radius 1 is 0.441 bits per heavy atom. The van der Waals surface area contributed by atoms with Gasteiger partial charge in [-0.15, -0.1) is 0 Å². The highest BCUT2D eigenvalue weighted by molar-refractivity contribution is 6.16. The van der Waals surface area contributed by atoms with E-state index in [1.54, 1.807) is 0 Å². The molecule has 0 amide bonds. The van der Waals surface area contributed by atoms with Crippen molar-refractivity contribution in [2.45, 2.75) is 19.3 Å². The lowest BCUT2D eigenvalue weighted by Gasteiger charge is -2.24. The molecule has 0 N–H and O–H groups in total. The van der Waals surface area contributed by atoms with Gasteiger partial charge in [-0.3, -0.25) is 0 Å². The van der Waals surface area contributed by atoms with E-state index in [-0.39, 0.29) is 5.41 Å². The summed E-state index contributed by atoms with van der Waals surface area (Å²) in [5, 5.41) is 4.53. The maximum absolute atomic E-state index is 7.13. The SMILES string of the molecule is CC1(C)c2ccccc2-c2ccc3c4ccccc4n(-c4cc(-c5ccccc5)cc5c4oc4cc(-c6nc(-c7ccccc7)nc(-c7ccccc7)n6)ccc45)c3c21. The van der Waals surface area contributed by atoms with E-state index in [1.165, 1.54) is 38.5 Å². The third kappa shape index (κ3) is 5.08. The fourth-order valence-electron chi connectivity index (χ4n) is 9.46. The normalized spacial score (nSPS) is 13.1. The van der Waals surface area contributed by atoms with Crippen molar-refractivity contribution in [2.75, 3.05) is 0 Å². The van der Waals surface area contributed by atoms with E-state index in [2.05, 4.69) is 140 Å². The van der Waals surface area contributed by atoms with Crippen LogP contribution >= 0.6 is 0 Å². The average Bonchev–Trinajstić information content (AvgIpc) is 3.92. The van der Waals surface area contributed by atoms with Crippen molar-refractivity contribution >= 4 is 43.7 Å². The van der Waals surface area contributed by atoms with Gasteiger partial charge < -0.3 is 8.98 Å². The van der Waals surface area contributed by atoms with Crippen molar-refractivity contribution in [1.29, 1.82) is 0 Å². The van der Waals surface area contributed by atoms with Crippen LogP contribution in [0.3, 0.4) is 0 Å². The van der Waals surface area contributed by atoms with E-state index in [0.717, 1.165) is 61.0 Å². The van der Waals surface area contributed by atoms with Crippen LogP contribution in [0.25, 0.3) is 106 Å². The minimum atomic E-state index is -0.224. The first-order valence-electron chi connectivity index (χ1n) is 20.1. The summed E-state index contributed by atoms with van der Waals surface area (Å²) < 4.78 is 9.60. The summed E-state index contributed by atoms with van der Waals surface area (Å²) in [6, 6.07) is 64.1. The summed E-state index contributed by atoms with van der Waals surface area (Å²) >= 11 is 0. The van der Waals surface area contributed by atoms with Gasteiger partial charge in [-0.1, -0.05) is 166 Å². The molecule has 12 rings (SSSR count). The van der Waals surface area contributed by atoms with Crippen LogP contribution in [0.4, 0.5) is 0 Å². The predicted molar refractivity (Wildman–Crippen MR) is 241 cm³/mol. The van der Waals surface area contributed by atoms with Crippen LogP contribution in [0, 0.1) is 0 Å². The molecule has 3 aromatic heterocycles. The molecule has 0 atom stereocenters. The van der Waals surface area contributed by atoms with E-state index in [4.69, 9.17) is 19.4 Å². The van der Waals surface area contributed by atoms with E-state index < -0.39 is 0 Å². The Morgan fingerprint density at radius 2 is 1.03 bits per heavy atom. The van der Waals surface area contributed by atoms with Crippen molar-refractivity contribution in [3.63, 3.8) is 0 Å². The molecule has 0 bridgehead atoms. The average molecular weight is 757 g/mol. The number of aromatic nitrogens is 4. The van der Waals surface area contributed by atoms with Crippen molar-refractivity contribution in [2.24, 2.45) is 0 Å². The summed E-state index contributed by atoms with van der Waals surface area (Å²) in [6.07, 6.45) is 0. The summed E-state index contributed by atoms with van der Waals surface area (Å²) in [7, 11) is 0. The Labute approximate surface area is 340 Å². The van der Waals surface area contributed by atoms with Crippen molar-refractivity contribution < 1.29 is 4.42 Å². The monoisotopic (exact) mass is 756 g/mol. The topological polar surface area (TPSA) is 56.7 Å². The van der Waals surface area contributed by atoms with Crippen molar-refractivity contribution in [3.05, 3.63) is 193 Å². The zero-order valence-electron chi connectivity index (χ0n) is 32.5. The first-order valence-corrected chi connectivity index (χ1v) is 20.1. The van der Waals surface area contributed by atoms with Crippen LogP contribution in [0.5, 0.6) is 0 Å². The molecule has 5 nitrogen and oxygen atoms in total. The number of fused-ring (bicyclic) bond motifs is 10. The number of hydrogen-bond donors (Lipinski definition) is 0. The quantitative estimate of drug-likeness (QED) is 0.175. The van der Waals surface area contributed by atoms with E-state index in [9.17, 15) is 0 Å². The largest absolute Gasteiger partial charge is 0.454 e. The summed E-state index contributed by atoms with van der Waals surface area (Å²) in [4.78, 5) is 15.0. The van der Waals surface area contributed by atoms with Crippen LogP contribution in [0.15, 0.2) is 186 Å². The van der Waals surface area contributed by atoms with Gasteiger partial charge in [0.25, 0.3) is 0 Å². The molecule has 0 radical (unpaired) electrons. The van der Waals surface area contributed by atoms with Crippen LogP contribution in [-0.2, 0) is 5.41 Å². The van der Waals surface area contributed by atoms with Gasteiger partial charge in [0.2, 0.25) is 0 Å². The molecular formula is C54H36N4O. The van der Waals surface area contributed by atoms with Gasteiger partial charge in [0.05, 0.1) is 16.7 Å². The lowest BCUT2D eigenvalue weighted by molar-refractivity contribution is 0.660. The predicted octanol–water partition coefficient (Wildman–Crippen LogP) is 13.8.